The van der Waals surface area contributed by atoms with Crippen molar-refractivity contribution in [2.24, 2.45) is 0 Å². The smallest absolute Gasteiger partial charge is 0.130 e. The fraction of sp³-hybridized carbons (Fsp3) is 0.111. The van der Waals surface area contributed by atoms with Crippen molar-refractivity contribution in [2.75, 3.05) is 5.88 Å². The Hall–Kier alpha value is -0.780. The summed E-state index contributed by atoms with van der Waals surface area (Å²) in [4.78, 5) is 0.718. The van der Waals surface area contributed by atoms with E-state index >= 15 is 0 Å². The van der Waals surface area contributed by atoms with E-state index in [1.54, 1.807) is 12.1 Å². The Bertz CT molecular complexity index is 323. The maximum absolute atomic E-state index is 11.3. The first-order valence-corrected chi connectivity index (χ1v) is 5.04. The number of benzene rings is 1. The van der Waals surface area contributed by atoms with Crippen molar-refractivity contribution in [3.63, 3.8) is 0 Å². The molecule has 0 spiro atoms. The van der Waals surface area contributed by atoms with Gasteiger partial charge < -0.3 is 0 Å². The Kier molecular flexibility index (Phi) is 3.86. The molecule has 0 N–H and O–H groups in total. The fourth-order valence-corrected chi connectivity index (χ4v) is 1.57. The third-order valence-corrected chi connectivity index (χ3v) is 2.35. The van der Waals surface area contributed by atoms with Gasteiger partial charge in [-0.15, -0.1) is 11.6 Å². The van der Waals surface area contributed by atoms with Crippen LogP contribution in [0, 0.1) is 11.2 Å². The lowest BCUT2D eigenvalue weighted by molar-refractivity contribution is 0.689. The first kappa shape index (κ1) is 9.31. The largest absolute Gasteiger partial charge is 0.240 e. The highest BCUT2D eigenvalue weighted by Gasteiger charge is 1.95. The van der Waals surface area contributed by atoms with Crippen molar-refractivity contribution in [2.45, 2.75) is 4.90 Å². The van der Waals surface area contributed by atoms with E-state index in [9.17, 15) is 4.21 Å². The lowest BCUT2D eigenvalue weighted by Gasteiger charge is -1.90. The molecule has 0 aliphatic heterocycles. The van der Waals surface area contributed by atoms with Crippen LogP contribution in [0.2, 0.25) is 0 Å². The Morgan fingerprint density at radius 3 is 2.58 bits per heavy atom. The van der Waals surface area contributed by atoms with Gasteiger partial charge in [0.25, 0.3) is 0 Å². The third-order valence-electron chi connectivity index (χ3n) is 1.19. The molecule has 0 fully saturated rings. The Balaban J connectivity index is 2.79. The van der Waals surface area contributed by atoms with Crippen LogP contribution in [0.15, 0.2) is 35.2 Å². The van der Waals surface area contributed by atoms with Gasteiger partial charge in [0.1, 0.15) is 10.8 Å². The van der Waals surface area contributed by atoms with Gasteiger partial charge in [-0.05, 0) is 12.1 Å². The number of rotatable bonds is 1. The monoisotopic (exact) mass is 198 g/mol. The zero-order chi connectivity index (χ0) is 8.81. The van der Waals surface area contributed by atoms with Crippen LogP contribution in [0.4, 0.5) is 0 Å². The first-order valence-electron chi connectivity index (χ1n) is 3.36. The van der Waals surface area contributed by atoms with Gasteiger partial charge in [-0.2, -0.15) is 0 Å². The molecule has 1 nitrogen and oxygen atoms in total. The Morgan fingerprint density at radius 1 is 1.33 bits per heavy atom. The quantitative estimate of drug-likeness (QED) is 0.498. The van der Waals surface area contributed by atoms with Crippen LogP contribution in [0.3, 0.4) is 0 Å². The molecule has 0 aromatic heterocycles. The second-order valence-corrected chi connectivity index (χ2v) is 3.47. The van der Waals surface area contributed by atoms with E-state index in [0.29, 0.717) is 0 Å². The van der Waals surface area contributed by atoms with Crippen LogP contribution < -0.4 is 0 Å². The molecule has 0 saturated carbocycles. The molecule has 0 heterocycles. The summed E-state index contributed by atoms with van der Waals surface area (Å²) in [5.41, 5.74) is 0. The van der Waals surface area contributed by atoms with Crippen LogP contribution in [-0.2, 0) is 10.8 Å². The second kappa shape index (κ2) is 4.97. The average Bonchev–Trinajstić information content (AvgIpc) is 2.15. The average molecular weight is 199 g/mol. The molecule has 0 aliphatic rings. The summed E-state index contributed by atoms with van der Waals surface area (Å²) in [6.45, 7) is 0. The molecule has 0 saturated heterocycles. The molecule has 62 valence electrons. The van der Waals surface area contributed by atoms with Gasteiger partial charge in [-0.3, -0.25) is 0 Å². The van der Waals surface area contributed by atoms with Crippen LogP contribution in [-0.4, -0.2) is 10.1 Å². The predicted molar refractivity (Wildman–Crippen MR) is 51.3 cm³/mol. The molecule has 1 atom stereocenters. The SMILES string of the molecule is O=S(C#CCCl)c1ccccc1. The van der Waals surface area contributed by atoms with Gasteiger partial charge in [-0.25, -0.2) is 4.21 Å². The molecule has 1 aromatic carbocycles. The van der Waals surface area contributed by atoms with Gasteiger partial charge >= 0.3 is 0 Å². The van der Waals surface area contributed by atoms with Gasteiger partial charge in [0.2, 0.25) is 0 Å². The van der Waals surface area contributed by atoms with Crippen LogP contribution >= 0.6 is 11.6 Å². The highest BCUT2D eigenvalue weighted by atomic mass is 35.5. The molecule has 0 bridgehead atoms. The molecular weight excluding hydrogens is 192 g/mol. The number of alkyl halides is 1. The minimum atomic E-state index is -1.23. The molecule has 1 rings (SSSR count). The maximum atomic E-state index is 11.3. The highest BCUT2D eigenvalue weighted by molar-refractivity contribution is 7.89. The van der Waals surface area contributed by atoms with Gasteiger partial charge in [0.15, 0.2) is 0 Å². The lowest BCUT2D eigenvalue weighted by Crippen LogP contribution is -1.85. The second-order valence-electron chi connectivity index (χ2n) is 1.99. The van der Waals surface area contributed by atoms with Crippen LogP contribution in [0.5, 0.6) is 0 Å². The predicted octanol–water partition coefficient (Wildman–Crippen LogP) is 1.99. The maximum Gasteiger partial charge on any atom is 0.130 e. The Morgan fingerprint density at radius 2 is 2.00 bits per heavy atom. The van der Waals surface area contributed by atoms with Crippen molar-refractivity contribution in [1.82, 2.24) is 0 Å². The van der Waals surface area contributed by atoms with Crippen molar-refractivity contribution >= 4 is 22.4 Å². The van der Waals surface area contributed by atoms with Crippen LogP contribution in [0.1, 0.15) is 0 Å². The fourth-order valence-electron chi connectivity index (χ4n) is 0.696. The van der Waals surface area contributed by atoms with E-state index < -0.39 is 10.8 Å². The summed E-state index contributed by atoms with van der Waals surface area (Å²) in [7, 11) is -1.23. The molecular formula is C9H7ClOS. The first-order chi connectivity index (χ1) is 5.84. The third kappa shape index (κ3) is 2.69. The van der Waals surface area contributed by atoms with Gasteiger partial charge in [-0.1, -0.05) is 24.1 Å². The van der Waals surface area contributed by atoms with Gasteiger partial charge in [0, 0.05) is 5.25 Å². The van der Waals surface area contributed by atoms with E-state index in [2.05, 4.69) is 11.2 Å². The van der Waals surface area contributed by atoms with E-state index in [1.807, 2.05) is 18.2 Å². The molecule has 0 radical (unpaired) electrons. The highest BCUT2D eigenvalue weighted by Crippen LogP contribution is 2.03. The number of hydrogen-bond acceptors (Lipinski definition) is 1. The van der Waals surface area contributed by atoms with E-state index in [0.717, 1.165) is 4.90 Å². The van der Waals surface area contributed by atoms with E-state index in [-0.39, 0.29) is 5.88 Å². The molecule has 3 heteroatoms. The summed E-state index contributed by atoms with van der Waals surface area (Å²) in [5.74, 6) is 2.78. The Labute approximate surface area is 79.2 Å². The lowest BCUT2D eigenvalue weighted by atomic mass is 10.4. The van der Waals surface area contributed by atoms with E-state index in [4.69, 9.17) is 11.6 Å². The van der Waals surface area contributed by atoms with Crippen molar-refractivity contribution in [3.05, 3.63) is 30.3 Å². The summed E-state index contributed by atoms with van der Waals surface area (Å²) < 4.78 is 11.3. The minimum Gasteiger partial charge on any atom is -0.240 e. The zero-order valence-corrected chi connectivity index (χ0v) is 7.86. The summed E-state index contributed by atoms with van der Waals surface area (Å²) in [5, 5.41) is 2.54. The number of hydrogen-bond donors (Lipinski definition) is 0. The molecule has 1 aromatic rings. The molecule has 0 amide bonds. The van der Waals surface area contributed by atoms with Gasteiger partial charge in [0.05, 0.1) is 10.8 Å². The summed E-state index contributed by atoms with van der Waals surface area (Å²) in [6, 6.07) is 9.08. The minimum absolute atomic E-state index is 0.221. The van der Waals surface area contributed by atoms with Crippen molar-refractivity contribution in [1.29, 1.82) is 0 Å². The van der Waals surface area contributed by atoms with Crippen molar-refractivity contribution < 1.29 is 4.21 Å². The summed E-state index contributed by atoms with van der Waals surface area (Å²) >= 11 is 5.33. The molecule has 12 heavy (non-hydrogen) atoms. The zero-order valence-electron chi connectivity index (χ0n) is 6.29. The summed E-state index contributed by atoms with van der Waals surface area (Å²) in [6.07, 6.45) is 0. The molecule has 1 unspecified atom stereocenters. The topological polar surface area (TPSA) is 17.1 Å². The molecule has 0 aliphatic carbocycles. The normalized spacial score (nSPS) is 11.4. The number of halogens is 1. The standard InChI is InChI=1S/C9H7ClOS/c10-7-4-8-12(11)9-5-2-1-3-6-9/h1-3,5-6H,7H2. The van der Waals surface area contributed by atoms with Crippen molar-refractivity contribution in [3.8, 4) is 11.2 Å². The van der Waals surface area contributed by atoms with Crippen LogP contribution in [0.25, 0.3) is 0 Å². The van der Waals surface area contributed by atoms with E-state index in [1.165, 1.54) is 0 Å².